The van der Waals surface area contributed by atoms with Crippen LogP contribution in [0, 0.1) is 5.92 Å². The first kappa shape index (κ1) is 23.6. The first-order valence-electron chi connectivity index (χ1n) is 11.4. The van der Waals surface area contributed by atoms with E-state index in [2.05, 4.69) is 15.6 Å². The number of guanidine groups is 1. The van der Waals surface area contributed by atoms with Crippen molar-refractivity contribution in [1.82, 2.24) is 15.5 Å². The van der Waals surface area contributed by atoms with Crippen molar-refractivity contribution in [3.63, 3.8) is 0 Å². The van der Waals surface area contributed by atoms with Gasteiger partial charge in [0, 0.05) is 37.8 Å². The summed E-state index contributed by atoms with van der Waals surface area (Å²) in [4.78, 5) is 19.5. The minimum Gasteiger partial charge on any atom is -0.357 e. The van der Waals surface area contributed by atoms with Crippen LogP contribution in [-0.2, 0) is 26.9 Å². The summed E-state index contributed by atoms with van der Waals surface area (Å²) in [6.45, 7) is 4.85. The van der Waals surface area contributed by atoms with Crippen LogP contribution in [0.15, 0.2) is 29.3 Å². The summed E-state index contributed by atoms with van der Waals surface area (Å²) in [5.74, 6) is 1.36. The Morgan fingerprint density at radius 2 is 1.77 bits per heavy atom. The zero-order valence-electron chi connectivity index (χ0n) is 18.8. The molecule has 1 amide bonds. The number of carbonyl (C=O) groups excluding carboxylic acids is 1. The standard InChI is InChI=1S/C23H36N4O3S/c1-3-24-23(25-15-18-9-11-19(12-10-18)17-31(2,29)30)26-21-13-14-27(16-21)22(28)20-7-5-4-6-8-20/h9-12,20-21H,3-8,13-17H2,1-2H3,(H2,24,25,26). The maximum absolute atomic E-state index is 12.8. The zero-order valence-corrected chi connectivity index (χ0v) is 19.6. The highest BCUT2D eigenvalue weighted by Gasteiger charge is 2.31. The lowest BCUT2D eigenvalue weighted by Gasteiger charge is -2.26. The fraction of sp³-hybridized carbons (Fsp3) is 0.652. The molecule has 1 atom stereocenters. The first-order valence-corrected chi connectivity index (χ1v) is 13.5. The maximum Gasteiger partial charge on any atom is 0.225 e. The van der Waals surface area contributed by atoms with Gasteiger partial charge in [0.2, 0.25) is 5.91 Å². The Balaban J connectivity index is 1.53. The number of nitrogens with zero attached hydrogens (tertiary/aromatic N) is 2. The van der Waals surface area contributed by atoms with Crippen LogP contribution >= 0.6 is 0 Å². The average molecular weight is 449 g/mol. The molecule has 1 aromatic rings. The molecule has 31 heavy (non-hydrogen) atoms. The van der Waals surface area contributed by atoms with E-state index in [1.807, 2.05) is 36.1 Å². The number of benzene rings is 1. The molecule has 3 rings (SSSR count). The van der Waals surface area contributed by atoms with Crippen LogP contribution < -0.4 is 10.6 Å². The third-order valence-electron chi connectivity index (χ3n) is 6.01. The quantitative estimate of drug-likeness (QED) is 0.494. The maximum atomic E-state index is 12.8. The van der Waals surface area contributed by atoms with E-state index in [0.29, 0.717) is 12.5 Å². The second-order valence-electron chi connectivity index (χ2n) is 8.83. The monoisotopic (exact) mass is 448 g/mol. The van der Waals surface area contributed by atoms with Crippen molar-refractivity contribution in [3.8, 4) is 0 Å². The average Bonchev–Trinajstić information content (AvgIpc) is 3.21. The molecule has 7 nitrogen and oxygen atoms in total. The zero-order chi connectivity index (χ0) is 22.3. The van der Waals surface area contributed by atoms with Gasteiger partial charge in [-0.25, -0.2) is 13.4 Å². The second kappa shape index (κ2) is 11.0. The number of nitrogens with one attached hydrogen (secondary N) is 2. The molecule has 2 N–H and O–H groups in total. The molecular formula is C23H36N4O3S. The van der Waals surface area contributed by atoms with Gasteiger partial charge in [0.15, 0.2) is 15.8 Å². The molecule has 0 aromatic heterocycles. The molecule has 1 heterocycles. The van der Waals surface area contributed by atoms with Crippen LogP contribution in [0.25, 0.3) is 0 Å². The van der Waals surface area contributed by atoms with Gasteiger partial charge in [0.05, 0.1) is 12.3 Å². The summed E-state index contributed by atoms with van der Waals surface area (Å²) in [6.07, 6.45) is 7.88. The third-order valence-corrected chi connectivity index (χ3v) is 6.87. The Kier molecular flexibility index (Phi) is 8.35. The summed E-state index contributed by atoms with van der Waals surface area (Å²) >= 11 is 0. The van der Waals surface area contributed by atoms with Gasteiger partial charge in [0.1, 0.15) is 0 Å². The van der Waals surface area contributed by atoms with Crippen molar-refractivity contribution in [2.75, 3.05) is 25.9 Å². The molecule has 1 saturated carbocycles. The van der Waals surface area contributed by atoms with E-state index in [4.69, 9.17) is 0 Å². The van der Waals surface area contributed by atoms with Crippen LogP contribution in [0.2, 0.25) is 0 Å². The number of rotatable bonds is 7. The number of hydrogen-bond acceptors (Lipinski definition) is 4. The summed E-state index contributed by atoms with van der Waals surface area (Å²) in [7, 11) is -3.03. The predicted molar refractivity (Wildman–Crippen MR) is 125 cm³/mol. The Bertz CT molecular complexity index is 861. The van der Waals surface area contributed by atoms with E-state index in [0.717, 1.165) is 56.0 Å². The highest BCUT2D eigenvalue weighted by Crippen LogP contribution is 2.26. The molecule has 8 heteroatoms. The molecule has 1 saturated heterocycles. The van der Waals surface area contributed by atoms with E-state index in [-0.39, 0.29) is 17.7 Å². The van der Waals surface area contributed by atoms with Crippen LogP contribution in [0.1, 0.15) is 56.6 Å². The number of carbonyl (C=O) groups is 1. The first-order chi connectivity index (χ1) is 14.8. The molecule has 1 unspecified atom stereocenters. The lowest BCUT2D eigenvalue weighted by Crippen LogP contribution is -2.45. The minimum absolute atomic E-state index is 0.0541. The molecule has 172 valence electrons. The van der Waals surface area contributed by atoms with E-state index >= 15 is 0 Å². The van der Waals surface area contributed by atoms with Crippen LogP contribution in [0.3, 0.4) is 0 Å². The number of likely N-dealkylation sites (tertiary alicyclic amines) is 1. The van der Waals surface area contributed by atoms with Gasteiger partial charge in [-0.1, -0.05) is 43.5 Å². The molecule has 2 fully saturated rings. The van der Waals surface area contributed by atoms with Crippen LogP contribution in [0.5, 0.6) is 0 Å². The summed E-state index contributed by atoms with van der Waals surface area (Å²) in [6, 6.07) is 7.75. The Morgan fingerprint density at radius 3 is 2.42 bits per heavy atom. The lowest BCUT2D eigenvalue weighted by atomic mass is 9.88. The number of sulfone groups is 1. The van der Waals surface area contributed by atoms with Crippen LogP contribution in [0.4, 0.5) is 0 Å². The highest BCUT2D eigenvalue weighted by molar-refractivity contribution is 7.89. The van der Waals surface area contributed by atoms with Gasteiger partial charge < -0.3 is 15.5 Å². The predicted octanol–water partition coefficient (Wildman–Crippen LogP) is 2.47. The van der Waals surface area contributed by atoms with Gasteiger partial charge in [-0.3, -0.25) is 4.79 Å². The van der Waals surface area contributed by atoms with Gasteiger partial charge >= 0.3 is 0 Å². The van der Waals surface area contributed by atoms with Crippen molar-refractivity contribution >= 4 is 21.7 Å². The van der Waals surface area contributed by atoms with E-state index in [1.165, 1.54) is 25.5 Å². The van der Waals surface area contributed by atoms with E-state index in [1.54, 1.807) is 0 Å². The molecule has 2 aliphatic rings. The summed E-state index contributed by atoms with van der Waals surface area (Å²) in [5.41, 5.74) is 1.81. The van der Waals surface area contributed by atoms with Crippen molar-refractivity contribution in [2.24, 2.45) is 10.9 Å². The summed E-state index contributed by atoms with van der Waals surface area (Å²) < 4.78 is 22.9. The van der Waals surface area contributed by atoms with E-state index in [9.17, 15) is 13.2 Å². The van der Waals surface area contributed by atoms with Crippen molar-refractivity contribution in [2.45, 2.75) is 63.8 Å². The van der Waals surface area contributed by atoms with Gasteiger partial charge in [-0.05, 0) is 37.3 Å². The minimum atomic E-state index is -3.03. The molecule has 0 spiro atoms. The van der Waals surface area contributed by atoms with Crippen molar-refractivity contribution in [3.05, 3.63) is 35.4 Å². The fourth-order valence-corrected chi connectivity index (χ4v) is 5.21. The lowest BCUT2D eigenvalue weighted by molar-refractivity contribution is -0.135. The molecule has 0 radical (unpaired) electrons. The Morgan fingerprint density at radius 1 is 1.10 bits per heavy atom. The Labute approximate surface area is 186 Å². The fourth-order valence-electron chi connectivity index (χ4n) is 4.41. The van der Waals surface area contributed by atoms with Gasteiger partial charge in [-0.2, -0.15) is 0 Å². The Hall–Kier alpha value is -2.09. The topological polar surface area (TPSA) is 90.9 Å². The molecule has 1 aromatic carbocycles. The van der Waals surface area contributed by atoms with Gasteiger partial charge in [0.25, 0.3) is 0 Å². The third kappa shape index (κ3) is 7.52. The van der Waals surface area contributed by atoms with Crippen molar-refractivity contribution in [1.29, 1.82) is 0 Å². The van der Waals surface area contributed by atoms with Crippen LogP contribution in [-0.4, -0.2) is 57.1 Å². The SMILES string of the molecule is CCNC(=NCc1ccc(CS(C)(=O)=O)cc1)NC1CCN(C(=O)C2CCCCC2)C1. The summed E-state index contributed by atoms with van der Waals surface area (Å²) in [5, 5.41) is 6.77. The number of amides is 1. The van der Waals surface area contributed by atoms with Crippen molar-refractivity contribution < 1.29 is 13.2 Å². The molecular weight excluding hydrogens is 412 g/mol. The highest BCUT2D eigenvalue weighted by atomic mass is 32.2. The molecule has 1 aliphatic heterocycles. The number of aliphatic imine (C=N–C) groups is 1. The molecule has 1 aliphatic carbocycles. The van der Waals surface area contributed by atoms with Gasteiger partial charge in [-0.15, -0.1) is 0 Å². The number of hydrogen-bond donors (Lipinski definition) is 2. The normalized spacial score (nSPS) is 20.6. The molecule has 0 bridgehead atoms. The second-order valence-corrected chi connectivity index (χ2v) is 11.0. The largest absolute Gasteiger partial charge is 0.357 e. The smallest absolute Gasteiger partial charge is 0.225 e. The van der Waals surface area contributed by atoms with E-state index < -0.39 is 9.84 Å².